The largest absolute Gasteiger partial charge is 0.466 e. The Hall–Kier alpha value is -1.31. The number of unbranched alkanes of at least 4 members (excludes halogenated alkanes) is 8. The Labute approximate surface area is 181 Å². The monoisotopic (exact) mass is 404 g/mol. The molecule has 0 N–H and O–H groups in total. The molecule has 2 nitrogen and oxygen atoms in total. The van der Waals surface area contributed by atoms with E-state index in [9.17, 15) is 4.79 Å². The van der Waals surface area contributed by atoms with Crippen LogP contribution in [0.25, 0.3) is 0 Å². The Kier molecular flexibility index (Phi) is 21.9. The maximum Gasteiger partial charge on any atom is 0.305 e. The van der Waals surface area contributed by atoms with Crippen molar-refractivity contribution in [1.82, 2.24) is 0 Å². The van der Waals surface area contributed by atoms with Crippen molar-refractivity contribution in [1.29, 1.82) is 0 Å². The van der Waals surface area contributed by atoms with E-state index in [-0.39, 0.29) is 5.97 Å². The van der Waals surface area contributed by atoms with Gasteiger partial charge in [0, 0.05) is 6.42 Å². The SMILES string of the molecule is CC/C=C\C/C=C\C/C=C\CCCCCCCC(=O)OCCCCCCC(C)C. The average molecular weight is 405 g/mol. The molecule has 0 heterocycles. The maximum atomic E-state index is 11.7. The molecule has 0 rings (SSSR count). The van der Waals surface area contributed by atoms with Gasteiger partial charge in [-0.3, -0.25) is 4.79 Å². The molecule has 2 heteroatoms. The van der Waals surface area contributed by atoms with Crippen LogP contribution in [0.15, 0.2) is 36.5 Å². The Bertz CT molecular complexity index is 432. The summed E-state index contributed by atoms with van der Waals surface area (Å²) < 4.78 is 5.33. The molecular formula is C27H48O2. The van der Waals surface area contributed by atoms with Crippen LogP contribution in [0.1, 0.15) is 117 Å². The molecule has 0 aromatic heterocycles. The van der Waals surface area contributed by atoms with Crippen LogP contribution in [0.5, 0.6) is 0 Å². The summed E-state index contributed by atoms with van der Waals surface area (Å²) >= 11 is 0. The highest BCUT2D eigenvalue weighted by Crippen LogP contribution is 2.11. The van der Waals surface area contributed by atoms with Crippen LogP contribution in [-0.2, 0) is 9.53 Å². The first-order valence-electron chi connectivity index (χ1n) is 12.3. The first-order valence-corrected chi connectivity index (χ1v) is 12.3. The van der Waals surface area contributed by atoms with Gasteiger partial charge in [-0.05, 0) is 50.9 Å². The molecule has 168 valence electrons. The second-order valence-electron chi connectivity index (χ2n) is 8.42. The molecule has 0 saturated carbocycles. The predicted octanol–water partition coefficient (Wildman–Crippen LogP) is 8.73. The minimum atomic E-state index is -0.00615. The lowest BCUT2D eigenvalue weighted by Crippen LogP contribution is -2.05. The highest BCUT2D eigenvalue weighted by atomic mass is 16.5. The molecule has 0 spiro atoms. The zero-order chi connectivity index (χ0) is 21.4. The van der Waals surface area contributed by atoms with Crippen LogP contribution in [0.4, 0.5) is 0 Å². The van der Waals surface area contributed by atoms with Gasteiger partial charge in [0.2, 0.25) is 0 Å². The minimum Gasteiger partial charge on any atom is -0.466 e. The molecule has 0 unspecified atom stereocenters. The van der Waals surface area contributed by atoms with E-state index in [2.05, 4.69) is 57.2 Å². The van der Waals surface area contributed by atoms with Crippen LogP contribution in [-0.4, -0.2) is 12.6 Å². The van der Waals surface area contributed by atoms with Gasteiger partial charge in [0.15, 0.2) is 0 Å². The molecule has 0 aliphatic carbocycles. The van der Waals surface area contributed by atoms with Gasteiger partial charge in [-0.15, -0.1) is 0 Å². The fraction of sp³-hybridized carbons (Fsp3) is 0.741. The molecule has 0 atom stereocenters. The fourth-order valence-electron chi connectivity index (χ4n) is 3.15. The second kappa shape index (κ2) is 23.0. The molecule has 0 aliphatic heterocycles. The standard InChI is InChI=1S/C27H48O2/c1-4-5-6-7-8-9-10-11-12-13-14-15-16-17-21-24-27(28)29-25-22-19-18-20-23-26(2)3/h5-6,8-9,11-12,26H,4,7,10,13-25H2,1-3H3/b6-5-,9-8-,12-11-. The molecule has 0 radical (unpaired) electrons. The minimum absolute atomic E-state index is 0.00615. The molecular weight excluding hydrogens is 356 g/mol. The number of allylic oxidation sites excluding steroid dienone is 6. The van der Waals surface area contributed by atoms with Gasteiger partial charge in [0.25, 0.3) is 0 Å². The third-order valence-corrected chi connectivity index (χ3v) is 4.97. The molecule has 0 aliphatic rings. The van der Waals surface area contributed by atoms with Crippen molar-refractivity contribution in [3.63, 3.8) is 0 Å². The fourth-order valence-corrected chi connectivity index (χ4v) is 3.15. The van der Waals surface area contributed by atoms with Gasteiger partial charge in [-0.25, -0.2) is 0 Å². The van der Waals surface area contributed by atoms with Crippen LogP contribution in [0, 0.1) is 5.92 Å². The lowest BCUT2D eigenvalue weighted by molar-refractivity contribution is -0.143. The number of hydrogen-bond acceptors (Lipinski definition) is 2. The number of rotatable bonds is 20. The summed E-state index contributed by atoms with van der Waals surface area (Å²) in [6.07, 6.45) is 30.3. The Morgan fingerprint density at radius 1 is 0.724 bits per heavy atom. The van der Waals surface area contributed by atoms with E-state index in [0.29, 0.717) is 13.0 Å². The first kappa shape index (κ1) is 27.7. The Balaban J connectivity index is 3.30. The molecule has 0 saturated heterocycles. The van der Waals surface area contributed by atoms with Crippen molar-refractivity contribution in [2.75, 3.05) is 6.61 Å². The quantitative estimate of drug-likeness (QED) is 0.115. The summed E-state index contributed by atoms with van der Waals surface area (Å²) in [5.74, 6) is 0.794. The third kappa shape index (κ3) is 24.7. The molecule has 29 heavy (non-hydrogen) atoms. The summed E-state index contributed by atoms with van der Waals surface area (Å²) in [4.78, 5) is 11.7. The molecule has 0 fully saturated rings. The first-order chi connectivity index (χ1) is 14.2. The normalized spacial score (nSPS) is 12.1. The van der Waals surface area contributed by atoms with Crippen molar-refractivity contribution in [3.05, 3.63) is 36.5 Å². The smallest absolute Gasteiger partial charge is 0.305 e. The summed E-state index contributed by atoms with van der Waals surface area (Å²) in [7, 11) is 0. The number of esters is 1. The highest BCUT2D eigenvalue weighted by Gasteiger charge is 2.02. The van der Waals surface area contributed by atoms with E-state index in [4.69, 9.17) is 4.74 Å². The van der Waals surface area contributed by atoms with Crippen LogP contribution in [0.3, 0.4) is 0 Å². The Morgan fingerprint density at radius 2 is 1.31 bits per heavy atom. The van der Waals surface area contributed by atoms with Gasteiger partial charge in [-0.1, -0.05) is 102 Å². The Morgan fingerprint density at radius 3 is 2.03 bits per heavy atom. The topological polar surface area (TPSA) is 26.3 Å². The average Bonchev–Trinajstić information content (AvgIpc) is 2.70. The van der Waals surface area contributed by atoms with Crippen molar-refractivity contribution >= 4 is 5.97 Å². The maximum absolute atomic E-state index is 11.7. The van der Waals surface area contributed by atoms with E-state index >= 15 is 0 Å². The van der Waals surface area contributed by atoms with Gasteiger partial charge in [0.1, 0.15) is 0 Å². The van der Waals surface area contributed by atoms with E-state index in [0.717, 1.165) is 44.4 Å². The van der Waals surface area contributed by atoms with Crippen LogP contribution >= 0.6 is 0 Å². The molecule has 0 aromatic rings. The molecule has 0 aromatic carbocycles. The van der Waals surface area contributed by atoms with Gasteiger partial charge in [0.05, 0.1) is 6.61 Å². The number of carbonyl (C=O) groups excluding carboxylic acids is 1. The highest BCUT2D eigenvalue weighted by molar-refractivity contribution is 5.69. The summed E-state index contributed by atoms with van der Waals surface area (Å²) in [5.41, 5.74) is 0. The number of hydrogen-bond donors (Lipinski definition) is 0. The van der Waals surface area contributed by atoms with Gasteiger partial charge < -0.3 is 4.74 Å². The van der Waals surface area contributed by atoms with Gasteiger partial charge in [-0.2, -0.15) is 0 Å². The van der Waals surface area contributed by atoms with Gasteiger partial charge >= 0.3 is 5.97 Å². The van der Waals surface area contributed by atoms with Crippen molar-refractivity contribution in [2.24, 2.45) is 5.92 Å². The van der Waals surface area contributed by atoms with E-state index in [1.54, 1.807) is 0 Å². The van der Waals surface area contributed by atoms with Crippen LogP contribution < -0.4 is 0 Å². The summed E-state index contributed by atoms with van der Waals surface area (Å²) in [6, 6.07) is 0. The third-order valence-electron chi connectivity index (χ3n) is 4.97. The predicted molar refractivity (Wildman–Crippen MR) is 128 cm³/mol. The summed E-state index contributed by atoms with van der Waals surface area (Å²) in [5, 5.41) is 0. The number of ether oxygens (including phenoxy) is 1. The lowest BCUT2D eigenvalue weighted by Gasteiger charge is -2.06. The molecule has 0 amide bonds. The van der Waals surface area contributed by atoms with E-state index < -0.39 is 0 Å². The zero-order valence-corrected chi connectivity index (χ0v) is 19.7. The van der Waals surface area contributed by atoms with E-state index in [1.807, 2.05) is 0 Å². The van der Waals surface area contributed by atoms with Crippen molar-refractivity contribution in [3.8, 4) is 0 Å². The lowest BCUT2D eigenvalue weighted by atomic mass is 10.0. The van der Waals surface area contributed by atoms with Crippen molar-refractivity contribution < 1.29 is 9.53 Å². The van der Waals surface area contributed by atoms with E-state index in [1.165, 1.54) is 51.4 Å². The van der Waals surface area contributed by atoms with Crippen molar-refractivity contribution in [2.45, 2.75) is 117 Å². The summed E-state index contributed by atoms with van der Waals surface area (Å²) in [6.45, 7) is 7.31. The second-order valence-corrected chi connectivity index (χ2v) is 8.42. The number of carbonyl (C=O) groups is 1. The zero-order valence-electron chi connectivity index (χ0n) is 19.7. The van der Waals surface area contributed by atoms with Crippen LogP contribution in [0.2, 0.25) is 0 Å². The molecule has 0 bridgehead atoms.